The maximum Gasteiger partial charge on any atom is 0.255 e. The highest BCUT2D eigenvalue weighted by Gasteiger charge is 2.30. The molecule has 2 fully saturated rings. The van der Waals surface area contributed by atoms with E-state index in [-0.39, 0.29) is 18.1 Å². The number of pyridine rings is 1. The van der Waals surface area contributed by atoms with Gasteiger partial charge in [0.05, 0.1) is 23.3 Å². The molecule has 0 radical (unpaired) electrons. The molecule has 1 saturated carbocycles. The van der Waals surface area contributed by atoms with Crippen LogP contribution in [0.5, 0.6) is 0 Å². The summed E-state index contributed by atoms with van der Waals surface area (Å²) in [6.45, 7) is 6.11. The summed E-state index contributed by atoms with van der Waals surface area (Å²) in [6.07, 6.45) is 6.22. The number of aromatic nitrogens is 3. The summed E-state index contributed by atoms with van der Waals surface area (Å²) in [5.41, 5.74) is 4.80. The molecule has 0 unspecified atom stereocenters. The van der Waals surface area contributed by atoms with Crippen LogP contribution in [0.15, 0.2) is 36.5 Å². The maximum absolute atomic E-state index is 14.1. The Labute approximate surface area is 201 Å². The molecule has 180 valence electrons. The number of rotatable bonds is 8. The molecule has 5 rings (SSSR count). The Balaban J connectivity index is 1.51. The third kappa shape index (κ3) is 4.67. The van der Waals surface area contributed by atoms with Crippen molar-refractivity contribution in [1.82, 2.24) is 19.7 Å². The van der Waals surface area contributed by atoms with E-state index in [2.05, 4.69) is 48.1 Å². The number of ether oxygens (including phenoxy) is 1. The number of hydrogen-bond donors (Lipinski definition) is 0. The zero-order chi connectivity index (χ0) is 23.8. The molecule has 2 aliphatic rings. The van der Waals surface area contributed by atoms with Gasteiger partial charge in [0, 0.05) is 57.1 Å². The van der Waals surface area contributed by atoms with E-state index < -0.39 is 0 Å². The number of carbonyl (C=O) groups is 1. The average Bonchev–Trinajstić information content (AvgIpc) is 3.37. The number of carbonyl (C=O) groups excluding carboxylic acids is 1. The highest BCUT2D eigenvalue weighted by atomic mass is 16.5. The predicted molar refractivity (Wildman–Crippen MR) is 134 cm³/mol. The standard InChI is InChI=1S/C27H35N5O2/c1-18(2)32-26-24(15-28-32)23(14-25(29-26)20-9-10-20)27(33)31(17-22-6-5-13-34-22)16-19-7-11-21(12-8-19)30(3)4/h7-8,11-12,14-15,18,20,22H,5-6,9-10,13,16-17H2,1-4H3/t22-/m0/s1. The summed E-state index contributed by atoms with van der Waals surface area (Å²) in [6, 6.07) is 10.6. The van der Waals surface area contributed by atoms with Crippen molar-refractivity contribution in [2.45, 2.75) is 64.1 Å². The predicted octanol–water partition coefficient (Wildman–Crippen LogP) is 4.78. The summed E-state index contributed by atoms with van der Waals surface area (Å²) in [5.74, 6) is 0.487. The molecule has 7 nitrogen and oxygen atoms in total. The van der Waals surface area contributed by atoms with E-state index in [4.69, 9.17) is 9.72 Å². The van der Waals surface area contributed by atoms with E-state index in [9.17, 15) is 4.79 Å². The molecule has 3 heterocycles. The van der Waals surface area contributed by atoms with Crippen LogP contribution in [0.1, 0.15) is 73.1 Å². The van der Waals surface area contributed by atoms with Crippen molar-refractivity contribution in [3.8, 4) is 0 Å². The number of hydrogen-bond acceptors (Lipinski definition) is 5. The molecule has 1 saturated heterocycles. The molecule has 0 bridgehead atoms. The molecule has 0 spiro atoms. The van der Waals surface area contributed by atoms with Gasteiger partial charge in [-0.1, -0.05) is 12.1 Å². The van der Waals surface area contributed by atoms with Crippen LogP contribution in [0.2, 0.25) is 0 Å². The smallest absolute Gasteiger partial charge is 0.255 e. The number of amides is 1. The largest absolute Gasteiger partial charge is 0.378 e. The minimum absolute atomic E-state index is 0.0322. The lowest BCUT2D eigenvalue weighted by Crippen LogP contribution is -2.37. The van der Waals surface area contributed by atoms with Crippen molar-refractivity contribution >= 4 is 22.6 Å². The quantitative estimate of drug-likeness (QED) is 0.483. The van der Waals surface area contributed by atoms with Gasteiger partial charge in [-0.05, 0) is 63.3 Å². The SMILES string of the molecule is CC(C)n1ncc2c(C(=O)N(Cc3ccc(N(C)C)cc3)C[C@@H]3CCCO3)cc(C3CC3)nc21. The summed E-state index contributed by atoms with van der Waals surface area (Å²) in [7, 11) is 4.07. The average molecular weight is 462 g/mol. The zero-order valence-corrected chi connectivity index (χ0v) is 20.7. The van der Waals surface area contributed by atoms with E-state index in [1.54, 1.807) is 0 Å². The molecule has 0 N–H and O–H groups in total. The van der Waals surface area contributed by atoms with Crippen molar-refractivity contribution in [3.63, 3.8) is 0 Å². The molecule has 1 aliphatic carbocycles. The maximum atomic E-state index is 14.1. The second-order valence-corrected chi connectivity index (χ2v) is 10.2. The lowest BCUT2D eigenvalue weighted by Gasteiger charge is -2.26. The summed E-state index contributed by atoms with van der Waals surface area (Å²) >= 11 is 0. The van der Waals surface area contributed by atoms with E-state index in [0.29, 0.717) is 24.6 Å². The molecule has 2 aromatic heterocycles. The first-order valence-corrected chi connectivity index (χ1v) is 12.5. The van der Waals surface area contributed by atoms with Gasteiger partial charge in [0.15, 0.2) is 5.65 Å². The molecular weight excluding hydrogens is 426 g/mol. The van der Waals surface area contributed by atoms with E-state index in [1.807, 2.05) is 35.9 Å². The van der Waals surface area contributed by atoms with Crippen LogP contribution >= 0.6 is 0 Å². The third-order valence-corrected chi connectivity index (χ3v) is 6.86. The van der Waals surface area contributed by atoms with Crippen LogP contribution in [0.4, 0.5) is 5.69 Å². The van der Waals surface area contributed by atoms with Crippen molar-refractivity contribution in [2.24, 2.45) is 0 Å². The highest BCUT2D eigenvalue weighted by Crippen LogP contribution is 2.40. The van der Waals surface area contributed by atoms with Gasteiger partial charge in [0.25, 0.3) is 5.91 Å². The van der Waals surface area contributed by atoms with E-state index in [0.717, 1.165) is 60.3 Å². The van der Waals surface area contributed by atoms with Crippen molar-refractivity contribution in [1.29, 1.82) is 0 Å². The molecule has 1 aromatic carbocycles. The van der Waals surface area contributed by atoms with Crippen molar-refractivity contribution in [2.75, 3.05) is 32.1 Å². The summed E-state index contributed by atoms with van der Waals surface area (Å²) in [5, 5.41) is 5.42. The Morgan fingerprint density at radius 1 is 1.18 bits per heavy atom. The molecule has 1 aliphatic heterocycles. The van der Waals surface area contributed by atoms with Gasteiger partial charge in [0.2, 0.25) is 0 Å². The molecule has 3 aromatic rings. The monoisotopic (exact) mass is 461 g/mol. The molecule has 1 atom stereocenters. The van der Waals surface area contributed by atoms with Gasteiger partial charge < -0.3 is 14.5 Å². The number of benzene rings is 1. The first kappa shape index (κ1) is 22.8. The van der Waals surface area contributed by atoms with Crippen LogP contribution in [0.3, 0.4) is 0 Å². The second-order valence-electron chi connectivity index (χ2n) is 10.2. The third-order valence-electron chi connectivity index (χ3n) is 6.86. The van der Waals surface area contributed by atoms with Gasteiger partial charge in [0.1, 0.15) is 0 Å². The van der Waals surface area contributed by atoms with Crippen molar-refractivity contribution in [3.05, 3.63) is 53.3 Å². The lowest BCUT2D eigenvalue weighted by molar-refractivity contribution is 0.0508. The van der Waals surface area contributed by atoms with E-state index >= 15 is 0 Å². The van der Waals surface area contributed by atoms with Crippen LogP contribution in [0, 0.1) is 0 Å². The van der Waals surface area contributed by atoms with Crippen molar-refractivity contribution < 1.29 is 9.53 Å². The normalized spacial score (nSPS) is 18.1. The van der Waals surface area contributed by atoms with Gasteiger partial charge in [-0.25, -0.2) is 9.67 Å². The summed E-state index contributed by atoms with van der Waals surface area (Å²) < 4.78 is 7.86. The number of fused-ring (bicyclic) bond motifs is 1. The molecular formula is C27H35N5O2. The molecule has 34 heavy (non-hydrogen) atoms. The molecule has 1 amide bonds. The first-order valence-electron chi connectivity index (χ1n) is 12.5. The van der Waals surface area contributed by atoms with Gasteiger partial charge in [-0.2, -0.15) is 5.10 Å². The van der Waals surface area contributed by atoms with Crippen LogP contribution in [-0.2, 0) is 11.3 Å². The zero-order valence-electron chi connectivity index (χ0n) is 20.7. The minimum atomic E-state index is 0.0322. The van der Waals surface area contributed by atoms with Crippen LogP contribution in [-0.4, -0.2) is 58.9 Å². The first-order chi connectivity index (χ1) is 16.4. The van der Waals surface area contributed by atoms with Crippen LogP contribution in [0.25, 0.3) is 11.0 Å². The fourth-order valence-electron chi connectivity index (χ4n) is 4.72. The van der Waals surface area contributed by atoms with E-state index in [1.165, 1.54) is 0 Å². The summed E-state index contributed by atoms with van der Waals surface area (Å²) in [4.78, 5) is 23.1. The van der Waals surface area contributed by atoms with Gasteiger partial charge in [-0.15, -0.1) is 0 Å². The highest BCUT2D eigenvalue weighted by molar-refractivity contribution is 6.05. The minimum Gasteiger partial charge on any atom is -0.378 e. The Kier molecular flexibility index (Phi) is 6.30. The Bertz CT molecular complexity index is 1160. The second kappa shape index (κ2) is 9.37. The fraction of sp³-hybridized carbons (Fsp3) is 0.519. The van der Waals surface area contributed by atoms with Gasteiger partial charge >= 0.3 is 0 Å². The fourth-order valence-corrected chi connectivity index (χ4v) is 4.72. The number of nitrogens with zero attached hydrogens (tertiary/aromatic N) is 5. The van der Waals surface area contributed by atoms with Gasteiger partial charge in [-0.3, -0.25) is 4.79 Å². The Morgan fingerprint density at radius 2 is 1.94 bits per heavy atom. The number of anilines is 1. The Morgan fingerprint density at radius 3 is 2.56 bits per heavy atom. The molecule has 7 heteroatoms. The van der Waals surface area contributed by atoms with Crippen LogP contribution < -0.4 is 4.90 Å². The lowest BCUT2D eigenvalue weighted by atomic mass is 10.1. The topological polar surface area (TPSA) is 63.5 Å². The Hall–Kier alpha value is -2.93.